The Bertz CT molecular complexity index is 796. The van der Waals surface area contributed by atoms with Crippen molar-refractivity contribution < 1.29 is 23.8 Å². The van der Waals surface area contributed by atoms with Gasteiger partial charge in [-0.2, -0.15) is 0 Å². The standard InChI is InChI=1S/C20H23BrN2O5/c1-3-26-10-11-27-17-7-4-15(5-8-17)20(25)23-22-19(24)13-28-18-9-6-16(21)12-14(18)2/h4-9,12H,3,10-11,13H2,1-2H3,(H,22,24)(H,23,25). The maximum Gasteiger partial charge on any atom is 0.276 e. The van der Waals surface area contributed by atoms with Gasteiger partial charge in [-0.1, -0.05) is 15.9 Å². The molecule has 0 aliphatic rings. The Morgan fingerprint density at radius 3 is 2.43 bits per heavy atom. The molecule has 0 heterocycles. The molecule has 2 amide bonds. The topological polar surface area (TPSA) is 85.9 Å². The van der Waals surface area contributed by atoms with Crippen LogP contribution in [0.2, 0.25) is 0 Å². The van der Waals surface area contributed by atoms with Gasteiger partial charge in [-0.05, 0) is 61.9 Å². The van der Waals surface area contributed by atoms with E-state index in [1.165, 1.54) is 0 Å². The predicted molar refractivity (Wildman–Crippen MR) is 108 cm³/mol. The highest BCUT2D eigenvalue weighted by Gasteiger charge is 2.09. The van der Waals surface area contributed by atoms with Crippen LogP contribution in [0.1, 0.15) is 22.8 Å². The molecule has 2 aromatic carbocycles. The van der Waals surface area contributed by atoms with E-state index in [1.807, 2.05) is 26.0 Å². The van der Waals surface area contributed by atoms with Gasteiger partial charge in [-0.15, -0.1) is 0 Å². The third-order valence-electron chi connectivity index (χ3n) is 3.63. The molecule has 0 aromatic heterocycles. The highest BCUT2D eigenvalue weighted by atomic mass is 79.9. The molecule has 28 heavy (non-hydrogen) atoms. The van der Waals surface area contributed by atoms with Crippen molar-refractivity contribution in [3.8, 4) is 11.5 Å². The lowest BCUT2D eigenvalue weighted by Gasteiger charge is -2.11. The number of hydrogen-bond acceptors (Lipinski definition) is 5. The van der Waals surface area contributed by atoms with Gasteiger partial charge < -0.3 is 14.2 Å². The van der Waals surface area contributed by atoms with Crippen LogP contribution in [-0.2, 0) is 9.53 Å². The second-order valence-corrected chi connectivity index (χ2v) is 6.69. The van der Waals surface area contributed by atoms with Crippen LogP contribution in [0.25, 0.3) is 0 Å². The number of carbonyl (C=O) groups excluding carboxylic acids is 2. The molecule has 7 nitrogen and oxygen atoms in total. The van der Waals surface area contributed by atoms with Crippen molar-refractivity contribution in [1.29, 1.82) is 0 Å². The van der Waals surface area contributed by atoms with Gasteiger partial charge in [0, 0.05) is 16.6 Å². The molecule has 2 rings (SSSR count). The van der Waals surface area contributed by atoms with Crippen LogP contribution in [-0.4, -0.2) is 38.2 Å². The Morgan fingerprint density at radius 1 is 1.00 bits per heavy atom. The summed E-state index contributed by atoms with van der Waals surface area (Å²) in [5, 5.41) is 0. The molecule has 0 aliphatic carbocycles. The summed E-state index contributed by atoms with van der Waals surface area (Å²) < 4.78 is 17.1. The van der Waals surface area contributed by atoms with Crippen molar-refractivity contribution in [2.75, 3.05) is 26.4 Å². The molecule has 2 N–H and O–H groups in total. The first-order chi connectivity index (χ1) is 13.5. The molecule has 0 saturated heterocycles. The maximum absolute atomic E-state index is 12.1. The molecule has 0 atom stereocenters. The molecular formula is C20H23BrN2O5. The van der Waals surface area contributed by atoms with Gasteiger partial charge >= 0.3 is 0 Å². The monoisotopic (exact) mass is 450 g/mol. The zero-order valence-corrected chi connectivity index (χ0v) is 17.4. The van der Waals surface area contributed by atoms with Gasteiger partial charge in [0.25, 0.3) is 11.8 Å². The summed E-state index contributed by atoms with van der Waals surface area (Å²) in [7, 11) is 0. The molecule has 0 aliphatic heterocycles. The summed E-state index contributed by atoms with van der Waals surface area (Å²) in [5.41, 5.74) is 5.96. The SMILES string of the molecule is CCOCCOc1ccc(C(=O)NNC(=O)COc2ccc(Br)cc2C)cc1. The van der Waals surface area contributed by atoms with Crippen LogP contribution < -0.4 is 20.3 Å². The number of carbonyl (C=O) groups is 2. The number of amides is 2. The minimum atomic E-state index is -0.466. The molecule has 8 heteroatoms. The molecular weight excluding hydrogens is 428 g/mol. The Kier molecular flexibility index (Phi) is 8.77. The van der Waals surface area contributed by atoms with Gasteiger partial charge in [0.1, 0.15) is 18.1 Å². The average Bonchev–Trinajstić information content (AvgIpc) is 2.69. The van der Waals surface area contributed by atoms with E-state index < -0.39 is 11.8 Å². The lowest BCUT2D eigenvalue weighted by molar-refractivity contribution is -0.123. The quantitative estimate of drug-likeness (QED) is 0.452. The smallest absolute Gasteiger partial charge is 0.276 e. The van der Waals surface area contributed by atoms with Crippen molar-refractivity contribution in [3.63, 3.8) is 0 Å². The Hall–Kier alpha value is -2.58. The largest absolute Gasteiger partial charge is 0.491 e. The number of rotatable bonds is 9. The number of ether oxygens (including phenoxy) is 3. The first kappa shape index (κ1) is 21.7. The second-order valence-electron chi connectivity index (χ2n) is 5.77. The van der Waals surface area contributed by atoms with Crippen molar-refractivity contribution in [2.45, 2.75) is 13.8 Å². The molecule has 0 fully saturated rings. The minimum absolute atomic E-state index is 0.213. The number of nitrogens with one attached hydrogen (secondary N) is 2. The number of hydrogen-bond donors (Lipinski definition) is 2. The first-order valence-corrected chi connectivity index (χ1v) is 9.57. The van der Waals surface area contributed by atoms with Crippen LogP contribution in [0.3, 0.4) is 0 Å². The molecule has 0 bridgehead atoms. The van der Waals surface area contributed by atoms with E-state index in [4.69, 9.17) is 14.2 Å². The van der Waals surface area contributed by atoms with Gasteiger partial charge in [-0.3, -0.25) is 20.4 Å². The number of aryl methyl sites for hydroxylation is 1. The lowest BCUT2D eigenvalue weighted by atomic mass is 10.2. The summed E-state index contributed by atoms with van der Waals surface area (Å²) in [4.78, 5) is 24.0. The predicted octanol–water partition coefficient (Wildman–Crippen LogP) is 3.01. The summed E-state index contributed by atoms with van der Waals surface area (Å²) in [6.45, 7) is 5.17. The Balaban J connectivity index is 1.74. The summed E-state index contributed by atoms with van der Waals surface area (Å²) in [5.74, 6) is 0.337. The van der Waals surface area contributed by atoms with Crippen molar-refractivity contribution >= 4 is 27.7 Å². The van der Waals surface area contributed by atoms with Crippen molar-refractivity contribution in [3.05, 3.63) is 58.1 Å². The molecule has 0 saturated carbocycles. The van der Waals surface area contributed by atoms with Crippen LogP contribution in [0.5, 0.6) is 11.5 Å². The van der Waals surface area contributed by atoms with Gasteiger partial charge in [0.05, 0.1) is 6.61 Å². The Labute approximate surface area is 172 Å². The zero-order valence-electron chi connectivity index (χ0n) is 15.8. The fourth-order valence-electron chi connectivity index (χ4n) is 2.22. The zero-order chi connectivity index (χ0) is 20.4. The lowest BCUT2D eigenvalue weighted by Crippen LogP contribution is -2.43. The number of hydrazine groups is 1. The maximum atomic E-state index is 12.1. The summed E-state index contributed by atoms with van der Waals surface area (Å²) in [6, 6.07) is 12.1. The number of benzene rings is 2. The fraction of sp³-hybridized carbons (Fsp3) is 0.300. The van der Waals surface area contributed by atoms with E-state index >= 15 is 0 Å². The van der Waals surface area contributed by atoms with E-state index in [-0.39, 0.29) is 6.61 Å². The normalized spacial score (nSPS) is 10.2. The molecule has 0 radical (unpaired) electrons. The van der Waals surface area contributed by atoms with E-state index in [2.05, 4.69) is 26.8 Å². The third kappa shape index (κ3) is 7.21. The summed E-state index contributed by atoms with van der Waals surface area (Å²) in [6.07, 6.45) is 0. The fourth-order valence-corrected chi connectivity index (χ4v) is 2.69. The summed E-state index contributed by atoms with van der Waals surface area (Å²) >= 11 is 3.37. The number of halogens is 1. The van der Waals surface area contributed by atoms with Gasteiger partial charge in [-0.25, -0.2) is 0 Å². The first-order valence-electron chi connectivity index (χ1n) is 8.78. The highest BCUT2D eigenvalue weighted by Crippen LogP contribution is 2.21. The van der Waals surface area contributed by atoms with Gasteiger partial charge in [0.2, 0.25) is 0 Å². The second kappa shape index (κ2) is 11.3. The van der Waals surface area contributed by atoms with Crippen molar-refractivity contribution in [2.24, 2.45) is 0 Å². The molecule has 2 aromatic rings. The van der Waals surface area contributed by atoms with Crippen LogP contribution in [0.15, 0.2) is 46.9 Å². The van der Waals surface area contributed by atoms with E-state index in [9.17, 15) is 9.59 Å². The van der Waals surface area contributed by atoms with Crippen molar-refractivity contribution in [1.82, 2.24) is 10.9 Å². The van der Waals surface area contributed by atoms with Crippen LogP contribution >= 0.6 is 15.9 Å². The molecule has 150 valence electrons. The minimum Gasteiger partial charge on any atom is -0.491 e. The van der Waals surface area contributed by atoms with E-state index in [1.54, 1.807) is 30.3 Å². The molecule has 0 unspecified atom stereocenters. The van der Waals surface area contributed by atoms with E-state index in [0.717, 1.165) is 10.0 Å². The van der Waals surface area contributed by atoms with E-state index in [0.29, 0.717) is 36.9 Å². The highest BCUT2D eigenvalue weighted by molar-refractivity contribution is 9.10. The molecule has 0 spiro atoms. The Morgan fingerprint density at radius 2 is 1.75 bits per heavy atom. The third-order valence-corrected chi connectivity index (χ3v) is 4.12. The average molecular weight is 451 g/mol. The van der Waals surface area contributed by atoms with Crippen LogP contribution in [0, 0.1) is 6.92 Å². The van der Waals surface area contributed by atoms with Crippen LogP contribution in [0.4, 0.5) is 0 Å². The van der Waals surface area contributed by atoms with Gasteiger partial charge in [0.15, 0.2) is 6.61 Å².